The summed E-state index contributed by atoms with van der Waals surface area (Å²) in [5.41, 5.74) is 0. The van der Waals surface area contributed by atoms with Crippen molar-refractivity contribution in [2.24, 2.45) is 0 Å². The number of aliphatic hydroxyl groups excluding tert-OH is 1. The molecule has 0 saturated carbocycles. The SMILES string of the molecule is CCCCCO.Cl.Cl.[Sb]. The van der Waals surface area contributed by atoms with E-state index in [1.165, 1.54) is 6.42 Å². The predicted molar refractivity (Wildman–Crippen MR) is 46.9 cm³/mol. The zero-order chi connectivity index (χ0) is 4.83. The molecule has 3 radical (unpaired) electrons. The Kier molecular flexibility index (Phi) is 56.8. The van der Waals surface area contributed by atoms with Crippen molar-refractivity contribution in [1.82, 2.24) is 0 Å². The van der Waals surface area contributed by atoms with Crippen molar-refractivity contribution >= 4 is 49.2 Å². The molecule has 4 heteroatoms. The van der Waals surface area contributed by atoms with Gasteiger partial charge in [-0.25, -0.2) is 0 Å². The third kappa shape index (κ3) is 26.7. The molecule has 0 aromatic heterocycles. The van der Waals surface area contributed by atoms with Crippen LogP contribution >= 0.6 is 24.8 Å². The fourth-order valence-corrected chi connectivity index (χ4v) is 0.362. The number of hydrogen-bond donors (Lipinski definition) is 1. The molecule has 0 fully saturated rings. The predicted octanol–water partition coefficient (Wildman–Crippen LogP) is 1.63. The Bertz CT molecular complexity index is 26.9. The van der Waals surface area contributed by atoms with E-state index < -0.39 is 0 Å². The molecule has 0 aliphatic rings. The van der Waals surface area contributed by atoms with E-state index in [4.69, 9.17) is 5.11 Å². The molecule has 0 rings (SSSR count). The first-order valence-corrected chi connectivity index (χ1v) is 2.52. The van der Waals surface area contributed by atoms with Gasteiger partial charge >= 0.3 is 0 Å². The molecule has 59 valence electrons. The van der Waals surface area contributed by atoms with Gasteiger partial charge in [-0.05, 0) is 6.42 Å². The molecular weight excluding hydrogens is 269 g/mol. The van der Waals surface area contributed by atoms with Crippen LogP contribution in [0.1, 0.15) is 26.2 Å². The van der Waals surface area contributed by atoms with Gasteiger partial charge in [0, 0.05) is 31.0 Å². The molecule has 9 heavy (non-hydrogen) atoms. The van der Waals surface area contributed by atoms with E-state index in [0.29, 0.717) is 6.61 Å². The van der Waals surface area contributed by atoms with Crippen LogP contribution in [0.25, 0.3) is 0 Å². The average Bonchev–Trinajstić information content (AvgIpc) is 1.61. The van der Waals surface area contributed by atoms with Crippen molar-refractivity contribution in [3.05, 3.63) is 0 Å². The Morgan fingerprint density at radius 2 is 1.56 bits per heavy atom. The zero-order valence-electron chi connectivity index (χ0n) is 5.54. The van der Waals surface area contributed by atoms with Crippen LogP contribution in [0, 0.1) is 0 Å². The van der Waals surface area contributed by atoms with Gasteiger partial charge in [-0.1, -0.05) is 19.8 Å². The van der Waals surface area contributed by atoms with E-state index in [9.17, 15) is 0 Å². The normalized spacial score (nSPS) is 6.00. The smallest absolute Gasteiger partial charge is 0.0431 e. The average molecular weight is 283 g/mol. The van der Waals surface area contributed by atoms with Crippen LogP contribution < -0.4 is 0 Å². The minimum Gasteiger partial charge on any atom is -0.396 e. The monoisotopic (exact) mass is 281 g/mol. The number of rotatable bonds is 3. The molecule has 0 bridgehead atoms. The van der Waals surface area contributed by atoms with Crippen molar-refractivity contribution in [2.75, 3.05) is 6.61 Å². The molecule has 0 aliphatic heterocycles. The number of hydrogen-bond acceptors (Lipinski definition) is 1. The van der Waals surface area contributed by atoms with Gasteiger partial charge in [0.25, 0.3) is 0 Å². The minimum atomic E-state index is 0. The number of unbranched alkanes of at least 4 members (excludes halogenated alkanes) is 2. The summed E-state index contributed by atoms with van der Waals surface area (Å²) in [6.45, 7) is 2.48. The fourth-order valence-electron chi connectivity index (χ4n) is 0.362. The van der Waals surface area contributed by atoms with E-state index in [1.54, 1.807) is 0 Å². The number of aliphatic hydroxyl groups is 1. The Labute approximate surface area is 86.9 Å². The maximum absolute atomic E-state index is 8.20. The molecule has 0 aromatic rings. The van der Waals surface area contributed by atoms with Crippen LogP contribution in [-0.4, -0.2) is 36.1 Å². The molecule has 0 heterocycles. The van der Waals surface area contributed by atoms with Gasteiger partial charge in [0.15, 0.2) is 0 Å². The molecular formula is C5H14Cl2OSb. The maximum atomic E-state index is 8.20. The standard InChI is InChI=1S/C5H12O.2ClH.Sb/c1-2-3-4-5-6;;;/h6H,2-5H2,1H3;2*1H;. The summed E-state index contributed by atoms with van der Waals surface area (Å²) in [5.74, 6) is 0. The third-order valence-corrected chi connectivity index (χ3v) is 0.762. The van der Waals surface area contributed by atoms with Crippen LogP contribution in [0.5, 0.6) is 0 Å². The molecule has 1 nitrogen and oxygen atoms in total. The largest absolute Gasteiger partial charge is 0.396 e. The van der Waals surface area contributed by atoms with Crippen LogP contribution in [0.4, 0.5) is 0 Å². The second-order valence-electron chi connectivity index (χ2n) is 1.43. The maximum Gasteiger partial charge on any atom is 0.0431 e. The van der Waals surface area contributed by atoms with Crippen molar-refractivity contribution < 1.29 is 5.11 Å². The third-order valence-electron chi connectivity index (χ3n) is 0.762. The van der Waals surface area contributed by atoms with Gasteiger partial charge in [-0.3, -0.25) is 0 Å². The van der Waals surface area contributed by atoms with Crippen molar-refractivity contribution in [3.63, 3.8) is 0 Å². The van der Waals surface area contributed by atoms with Gasteiger partial charge in [0.05, 0.1) is 0 Å². The topological polar surface area (TPSA) is 20.2 Å². The van der Waals surface area contributed by atoms with Gasteiger partial charge in [0.2, 0.25) is 0 Å². The Balaban J connectivity index is -0.0000000417. The van der Waals surface area contributed by atoms with Crippen molar-refractivity contribution in [1.29, 1.82) is 0 Å². The fraction of sp³-hybridized carbons (Fsp3) is 1.00. The van der Waals surface area contributed by atoms with Gasteiger partial charge in [-0.2, -0.15) is 0 Å². The summed E-state index contributed by atoms with van der Waals surface area (Å²) in [7, 11) is 0. The zero-order valence-corrected chi connectivity index (χ0v) is 9.73. The van der Waals surface area contributed by atoms with E-state index in [-0.39, 0.29) is 49.2 Å². The van der Waals surface area contributed by atoms with Crippen LogP contribution in [0.3, 0.4) is 0 Å². The van der Waals surface area contributed by atoms with E-state index in [1.807, 2.05) is 0 Å². The first-order valence-electron chi connectivity index (χ1n) is 2.52. The molecule has 1 N–H and O–H groups in total. The molecule has 0 aromatic carbocycles. The number of halogens is 2. The van der Waals surface area contributed by atoms with E-state index >= 15 is 0 Å². The Hall–Kier alpha value is 1.36. The summed E-state index contributed by atoms with van der Waals surface area (Å²) in [4.78, 5) is 0. The summed E-state index contributed by atoms with van der Waals surface area (Å²) >= 11 is 0. The molecule has 0 amide bonds. The first-order chi connectivity index (χ1) is 2.91. The first kappa shape index (κ1) is 22.4. The molecule has 0 spiro atoms. The molecule has 0 unspecified atom stereocenters. The van der Waals surface area contributed by atoms with Crippen molar-refractivity contribution in [2.45, 2.75) is 26.2 Å². The summed E-state index contributed by atoms with van der Waals surface area (Å²) in [6.07, 6.45) is 3.33. The second kappa shape index (κ2) is 22.8. The quantitative estimate of drug-likeness (QED) is 0.616. The Morgan fingerprint density at radius 1 is 1.11 bits per heavy atom. The van der Waals surface area contributed by atoms with Gasteiger partial charge in [-0.15, -0.1) is 24.8 Å². The minimum absolute atomic E-state index is 0. The van der Waals surface area contributed by atoms with Crippen LogP contribution in [-0.2, 0) is 0 Å². The summed E-state index contributed by atoms with van der Waals surface area (Å²) < 4.78 is 0. The molecule has 0 aliphatic carbocycles. The molecule has 0 atom stereocenters. The molecule has 0 saturated heterocycles. The van der Waals surface area contributed by atoms with E-state index in [0.717, 1.165) is 12.8 Å². The van der Waals surface area contributed by atoms with E-state index in [2.05, 4.69) is 6.92 Å². The van der Waals surface area contributed by atoms with Crippen LogP contribution in [0.15, 0.2) is 0 Å². The van der Waals surface area contributed by atoms with Gasteiger partial charge in [0.1, 0.15) is 0 Å². The summed E-state index contributed by atoms with van der Waals surface area (Å²) in [5, 5.41) is 8.20. The summed E-state index contributed by atoms with van der Waals surface area (Å²) in [6, 6.07) is 0. The van der Waals surface area contributed by atoms with Crippen LogP contribution in [0.2, 0.25) is 0 Å². The van der Waals surface area contributed by atoms with Gasteiger partial charge < -0.3 is 5.11 Å². The second-order valence-corrected chi connectivity index (χ2v) is 1.43. The Morgan fingerprint density at radius 3 is 1.67 bits per heavy atom. The van der Waals surface area contributed by atoms with Crippen molar-refractivity contribution in [3.8, 4) is 0 Å².